The largest absolute Gasteiger partial charge is 0.456 e. The second kappa shape index (κ2) is 18.5. The van der Waals surface area contributed by atoms with E-state index in [1.54, 1.807) is 0 Å². The SMILES string of the molecule is CC(C)(C)c1ccc(-c2ccc3oc4ccccc4c3c2N(c2cccc(-c3cccc(C(C)(C)C)c3)c2)c2cc(Cl)cc(N(c3cccc(Cl)c3)c3cc(-c4ccccc4)cc4oc5ccccc5c34)c2)cc1. The first-order valence-electron chi connectivity index (χ1n) is 25.2. The summed E-state index contributed by atoms with van der Waals surface area (Å²) in [6.07, 6.45) is 0. The molecule has 10 aromatic carbocycles. The predicted octanol–water partition coefficient (Wildman–Crippen LogP) is 21.3. The summed E-state index contributed by atoms with van der Waals surface area (Å²) in [5.74, 6) is 0. The monoisotopic (exact) mass is 1000 g/mol. The molecule has 0 radical (unpaired) electrons. The Kier molecular flexibility index (Phi) is 11.7. The molecule has 4 nitrogen and oxygen atoms in total. The summed E-state index contributed by atoms with van der Waals surface area (Å²) in [4.78, 5) is 4.65. The molecule has 0 aliphatic rings. The van der Waals surface area contributed by atoms with E-state index in [-0.39, 0.29) is 10.8 Å². The number of rotatable bonds is 9. The molecule has 0 aliphatic carbocycles. The fourth-order valence-electron chi connectivity index (χ4n) is 10.5. The van der Waals surface area contributed by atoms with Crippen LogP contribution in [0.5, 0.6) is 0 Å². The Labute approximate surface area is 442 Å². The molecule has 12 rings (SSSR count). The highest BCUT2D eigenvalue weighted by Crippen LogP contribution is 2.52. The molecule has 6 heteroatoms. The minimum atomic E-state index is -0.0317. The van der Waals surface area contributed by atoms with Crippen molar-refractivity contribution in [2.24, 2.45) is 0 Å². The van der Waals surface area contributed by atoms with Crippen LogP contribution in [-0.4, -0.2) is 0 Å². The van der Waals surface area contributed by atoms with E-state index in [1.165, 1.54) is 11.1 Å². The molecule has 0 atom stereocenters. The van der Waals surface area contributed by atoms with Crippen molar-refractivity contribution in [3.63, 3.8) is 0 Å². The zero-order valence-electron chi connectivity index (χ0n) is 42.3. The van der Waals surface area contributed by atoms with E-state index < -0.39 is 0 Å². The van der Waals surface area contributed by atoms with E-state index in [0.29, 0.717) is 10.0 Å². The van der Waals surface area contributed by atoms with Crippen LogP contribution in [0.3, 0.4) is 0 Å². The normalized spacial score (nSPS) is 12.1. The van der Waals surface area contributed by atoms with Crippen molar-refractivity contribution in [3.05, 3.63) is 240 Å². The van der Waals surface area contributed by atoms with Crippen LogP contribution in [0.15, 0.2) is 227 Å². The first-order chi connectivity index (χ1) is 35.7. The summed E-state index contributed by atoms with van der Waals surface area (Å²) in [5.41, 5.74) is 17.4. The molecule has 0 spiro atoms. The molecule has 2 aromatic heterocycles. The molecule has 0 unspecified atom stereocenters. The van der Waals surface area contributed by atoms with Crippen molar-refractivity contribution in [1.29, 1.82) is 0 Å². The van der Waals surface area contributed by atoms with Gasteiger partial charge in [-0.15, -0.1) is 0 Å². The van der Waals surface area contributed by atoms with Gasteiger partial charge in [-0.25, -0.2) is 0 Å². The average Bonchev–Trinajstić information content (AvgIpc) is 3.98. The highest BCUT2D eigenvalue weighted by atomic mass is 35.5. The van der Waals surface area contributed by atoms with Gasteiger partial charge in [0.15, 0.2) is 0 Å². The molecule has 0 saturated heterocycles. The fourth-order valence-corrected chi connectivity index (χ4v) is 10.9. The standard InChI is InChI=1S/C68H54Cl2N2O2/c1-67(2,3)48-31-29-44(30-32-48)56-33-34-62-65(58-26-11-13-28-61(58)73-62)66(56)72(52-23-15-20-46(36-52)45-19-14-21-49(35-45)68(4,5)6)55-41-51(70)40-54(42-55)71(53-24-16-22-50(69)39-53)59-37-47(43-17-8-7-9-18-43)38-63-64(59)57-25-10-12-27-60(57)74-63/h7-42H,1-6H3. The molecule has 0 bridgehead atoms. The van der Waals surface area contributed by atoms with Crippen molar-refractivity contribution in [3.8, 4) is 33.4 Å². The highest BCUT2D eigenvalue weighted by Gasteiger charge is 2.28. The molecule has 0 aliphatic heterocycles. The lowest BCUT2D eigenvalue weighted by Crippen LogP contribution is -2.15. The lowest BCUT2D eigenvalue weighted by atomic mass is 9.85. The lowest BCUT2D eigenvalue weighted by molar-refractivity contribution is 0.590. The number of hydrogen-bond donors (Lipinski definition) is 0. The van der Waals surface area contributed by atoms with E-state index in [9.17, 15) is 0 Å². The first kappa shape index (κ1) is 47.0. The fraction of sp³-hybridized carbons (Fsp3) is 0.118. The minimum Gasteiger partial charge on any atom is -0.456 e. The molecule has 74 heavy (non-hydrogen) atoms. The van der Waals surface area contributed by atoms with Gasteiger partial charge in [0.2, 0.25) is 0 Å². The van der Waals surface area contributed by atoms with Gasteiger partial charge in [0, 0.05) is 49.1 Å². The van der Waals surface area contributed by atoms with Crippen LogP contribution in [0.1, 0.15) is 52.7 Å². The van der Waals surface area contributed by atoms with Crippen LogP contribution >= 0.6 is 23.2 Å². The Balaban J connectivity index is 1.17. The summed E-state index contributed by atoms with van der Waals surface area (Å²) in [7, 11) is 0. The Bertz CT molecular complexity index is 4080. The summed E-state index contributed by atoms with van der Waals surface area (Å²) in [6.45, 7) is 13.5. The number of nitrogens with zero attached hydrogens (tertiary/aromatic N) is 2. The number of para-hydroxylation sites is 2. The minimum absolute atomic E-state index is 0.0240. The molecular weight excluding hydrogens is 948 g/mol. The average molecular weight is 1000 g/mol. The number of fused-ring (bicyclic) bond motifs is 6. The number of furan rings is 2. The maximum absolute atomic E-state index is 7.62. The van der Waals surface area contributed by atoms with Crippen LogP contribution in [0.25, 0.3) is 77.3 Å². The van der Waals surface area contributed by atoms with Crippen LogP contribution in [0, 0.1) is 0 Å². The predicted molar refractivity (Wildman–Crippen MR) is 314 cm³/mol. The van der Waals surface area contributed by atoms with E-state index >= 15 is 0 Å². The van der Waals surface area contributed by atoms with Gasteiger partial charge in [-0.3, -0.25) is 0 Å². The second-order valence-electron chi connectivity index (χ2n) is 21.3. The van der Waals surface area contributed by atoms with Crippen LogP contribution < -0.4 is 9.80 Å². The Hall–Kier alpha value is -8.02. The third kappa shape index (κ3) is 8.68. The van der Waals surface area contributed by atoms with Crippen LogP contribution in [0.2, 0.25) is 10.0 Å². The smallest absolute Gasteiger partial charge is 0.138 e. The van der Waals surface area contributed by atoms with Crippen LogP contribution in [-0.2, 0) is 10.8 Å². The zero-order valence-corrected chi connectivity index (χ0v) is 43.8. The summed E-state index contributed by atoms with van der Waals surface area (Å²) < 4.78 is 13.5. The zero-order chi connectivity index (χ0) is 50.9. The van der Waals surface area contributed by atoms with Gasteiger partial charge in [0.25, 0.3) is 0 Å². The summed E-state index contributed by atoms with van der Waals surface area (Å²) in [5, 5.41) is 5.14. The third-order valence-electron chi connectivity index (χ3n) is 14.2. The van der Waals surface area contributed by atoms with Gasteiger partial charge in [-0.1, -0.05) is 198 Å². The lowest BCUT2D eigenvalue weighted by Gasteiger charge is -2.32. The Morgan fingerprint density at radius 3 is 1.59 bits per heavy atom. The molecule has 0 amide bonds. The van der Waals surface area contributed by atoms with Gasteiger partial charge < -0.3 is 18.6 Å². The summed E-state index contributed by atoms with van der Waals surface area (Å²) >= 11 is 14.6. The van der Waals surface area contributed by atoms with Gasteiger partial charge in [-0.2, -0.15) is 0 Å². The van der Waals surface area contributed by atoms with Crippen molar-refractivity contribution >= 4 is 101 Å². The van der Waals surface area contributed by atoms with Gasteiger partial charge in [-0.05, 0) is 135 Å². The quantitative estimate of drug-likeness (QED) is 0.144. The van der Waals surface area contributed by atoms with E-state index in [4.69, 9.17) is 32.0 Å². The number of hydrogen-bond acceptors (Lipinski definition) is 4. The second-order valence-corrected chi connectivity index (χ2v) is 22.2. The molecule has 0 fully saturated rings. The van der Waals surface area contributed by atoms with Crippen molar-refractivity contribution in [2.75, 3.05) is 9.80 Å². The third-order valence-corrected chi connectivity index (χ3v) is 14.7. The molecular formula is C68H54Cl2N2O2. The van der Waals surface area contributed by atoms with E-state index in [2.05, 4.69) is 215 Å². The van der Waals surface area contributed by atoms with E-state index in [0.717, 1.165) is 111 Å². The van der Waals surface area contributed by atoms with Gasteiger partial charge >= 0.3 is 0 Å². The molecule has 362 valence electrons. The van der Waals surface area contributed by atoms with Gasteiger partial charge in [0.05, 0.1) is 22.1 Å². The number of halogens is 2. The first-order valence-corrected chi connectivity index (χ1v) is 25.9. The van der Waals surface area contributed by atoms with Crippen molar-refractivity contribution < 1.29 is 8.83 Å². The van der Waals surface area contributed by atoms with Crippen molar-refractivity contribution in [1.82, 2.24) is 0 Å². The van der Waals surface area contributed by atoms with Crippen LogP contribution in [0.4, 0.5) is 34.1 Å². The number of anilines is 6. The van der Waals surface area contributed by atoms with Gasteiger partial charge in [0.1, 0.15) is 22.3 Å². The Morgan fingerprint density at radius 1 is 0.338 bits per heavy atom. The van der Waals surface area contributed by atoms with E-state index in [1.807, 2.05) is 54.6 Å². The summed E-state index contributed by atoms with van der Waals surface area (Å²) in [6, 6.07) is 76.9. The Morgan fingerprint density at radius 2 is 0.905 bits per heavy atom. The maximum Gasteiger partial charge on any atom is 0.138 e. The van der Waals surface area contributed by atoms with Crippen molar-refractivity contribution in [2.45, 2.75) is 52.4 Å². The highest BCUT2D eigenvalue weighted by molar-refractivity contribution is 6.32. The topological polar surface area (TPSA) is 32.8 Å². The maximum atomic E-state index is 7.62. The molecule has 2 heterocycles. The molecule has 0 N–H and O–H groups in total. The molecule has 0 saturated carbocycles. The number of benzene rings is 10. The molecule has 12 aromatic rings.